The number of rotatable bonds is 3. The van der Waals surface area contributed by atoms with Crippen molar-refractivity contribution in [1.29, 1.82) is 0 Å². The Kier molecular flexibility index (Phi) is 5.53. The second-order valence-electron chi connectivity index (χ2n) is 5.10. The summed E-state index contributed by atoms with van der Waals surface area (Å²) in [5.74, 6) is 0.00523. The highest BCUT2D eigenvalue weighted by Crippen LogP contribution is 2.22. The van der Waals surface area contributed by atoms with Gasteiger partial charge in [-0.05, 0) is 24.5 Å². The summed E-state index contributed by atoms with van der Waals surface area (Å²) in [5, 5.41) is 3.75. The van der Waals surface area contributed by atoms with Crippen LogP contribution < -0.4 is 5.32 Å². The van der Waals surface area contributed by atoms with Crippen LogP contribution in [0.25, 0.3) is 0 Å². The lowest BCUT2D eigenvalue weighted by atomic mass is 10.1. The average molecular weight is 300 g/mol. The first kappa shape index (κ1) is 14.7. The molecule has 0 heterocycles. The van der Waals surface area contributed by atoms with Crippen LogP contribution in [0.5, 0.6) is 0 Å². The second kappa shape index (κ2) is 7.16. The zero-order chi connectivity index (χ0) is 13.7. The van der Waals surface area contributed by atoms with Crippen molar-refractivity contribution in [3.8, 4) is 0 Å². The largest absolute Gasteiger partial charge is 0.352 e. The molecule has 0 bridgehead atoms. The van der Waals surface area contributed by atoms with Crippen molar-refractivity contribution in [3.63, 3.8) is 0 Å². The van der Waals surface area contributed by atoms with Crippen molar-refractivity contribution in [3.05, 3.63) is 34.9 Å². The molecule has 2 nitrogen and oxygen atoms in total. The van der Waals surface area contributed by atoms with Crippen molar-refractivity contribution >= 4 is 29.1 Å². The second-order valence-corrected chi connectivity index (χ2v) is 6.06. The number of hydrogen-bond acceptors (Lipinski definition) is 1. The average Bonchev–Trinajstić information content (AvgIpc) is 2.58. The Morgan fingerprint density at radius 1 is 1.21 bits per heavy atom. The van der Waals surface area contributed by atoms with Crippen LogP contribution in [-0.4, -0.2) is 17.3 Å². The first-order valence-corrected chi connectivity index (χ1v) is 7.65. The molecule has 0 aromatic heterocycles. The highest BCUT2D eigenvalue weighted by atomic mass is 35.5. The van der Waals surface area contributed by atoms with Gasteiger partial charge in [0.25, 0.3) is 0 Å². The molecule has 1 aromatic rings. The van der Waals surface area contributed by atoms with Crippen LogP contribution in [0.3, 0.4) is 0 Å². The molecule has 2 rings (SSSR count). The molecule has 1 fully saturated rings. The Bertz CT molecular complexity index is 436. The molecular weight excluding hydrogens is 281 g/mol. The molecule has 2 unspecified atom stereocenters. The number of halogens is 2. The lowest BCUT2D eigenvalue weighted by Gasteiger charge is -2.21. The molecule has 19 heavy (non-hydrogen) atoms. The maximum absolute atomic E-state index is 12.1. The van der Waals surface area contributed by atoms with Crippen LogP contribution in [0.1, 0.15) is 37.7 Å². The van der Waals surface area contributed by atoms with Crippen molar-refractivity contribution in [2.24, 2.45) is 0 Å². The van der Waals surface area contributed by atoms with Gasteiger partial charge < -0.3 is 5.32 Å². The van der Waals surface area contributed by atoms with Gasteiger partial charge in [-0.1, -0.05) is 49.1 Å². The number of carbonyl (C=O) groups excluding carboxylic acids is 1. The SMILES string of the molecule is O=C(Cc1ccccc1Cl)NC1CCCCCC1Cl. The Labute approximate surface area is 124 Å². The van der Waals surface area contributed by atoms with Crippen molar-refractivity contribution < 1.29 is 4.79 Å². The van der Waals surface area contributed by atoms with Crippen LogP contribution >= 0.6 is 23.2 Å². The van der Waals surface area contributed by atoms with Crippen LogP contribution in [0.2, 0.25) is 5.02 Å². The van der Waals surface area contributed by atoms with Crippen molar-refractivity contribution in [2.75, 3.05) is 0 Å². The lowest BCUT2D eigenvalue weighted by Crippen LogP contribution is -2.41. The monoisotopic (exact) mass is 299 g/mol. The molecule has 0 saturated heterocycles. The number of carbonyl (C=O) groups is 1. The predicted molar refractivity (Wildman–Crippen MR) is 79.8 cm³/mol. The van der Waals surface area contributed by atoms with E-state index in [1.54, 1.807) is 6.07 Å². The van der Waals surface area contributed by atoms with E-state index < -0.39 is 0 Å². The normalized spacial score (nSPS) is 23.7. The summed E-state index contributed by atoms with van der Waals surface area (Å²) in [6.45, 7) is 0. The predicted octanol–water partition coefficient (Wildman–Crippen LogP) is 3.94. The van der Waals surface area contributed by atoms with E-state index in [1.165, 1.54) is 6.42 Å². The van der Waals surface area contributed by atoms with E-state index in [1.807, 2.05) is 18.2 Å². The minimum atomic E-state index is 0.00523. The highest BCUT2D eigenvalue weighted by molar-refractivity contribution is 6.31. The lowest BCUT2D eigenvalue weighted by molar-refractivity contribution is -0.121. The molecule has 2 atom stereocenters. The number of amides is 1. The minimum absolute atomic E-state index is 0.00523. The molecule has 104 valence electrons. The highest BCUT2D eigenvalue weighted by Gasteiger charge is 2.23. The van der Waals surface area contributed by atoms with Crippen LogP contribution in [0.15, 0.2) is 24.3 Å². The third kappa shape index (κ3) is 4.39. The zero-order valence-corrected chi connectivity index (χ0v) is 12.4. The Balaban J connectivity index is 1.92. The molecule has 0 spiro atoms. The van der Waals surface area contributed by atoms with Gasteiger partial charge in [-0.3, -0.25) is 4.79 Å². The Hall–Kier alpha value is -0.730. The minimum Gasteiger partial charge on any atom is -0.352 e. The Morgan fingerprint density at radius 3 is 2.74 bits per heavy atom. The fourth-order valence-electron chi connectivity index (χ4n) is 2.50. The smallest absolute Gasteiger partial charge is 0.224 e. The van der Waals surface area contributed by atoms with Gasteiger partial charge >= 0.3 is 0 Å². The third-order valence-corrected chi connectivity index (χ3v) is 4.48. The summed E-state index contributed by atoms with van der Waals surface area (Å²) in [5.41, 5.74) is 0.862. The van der Waals surface area contributed by atoms with E-state index >= 15 is 0 Å². The van der Waals surface area contributed by atoms with E-state index in [2.05, 4.69) is 5.32 Å². The standard InChI is InChI=1S/C15H19Cl2NO/c16-12-7-5-4-6-11(12)10-15(19)18-14-9-3-1-2-8-13(14)17/h4-7,13-14H,1-3,8-10H2,(H,18,19). The molecule has 1 aliphatic rings. The summed E-state index contributed by atoms with van der Waals surface area (Å²) in [6, 6.07) is 7.54. The first-order valence-electron chi connectivity index (χ1n) is 6.83. The molecule has 0 aliphatic heterocycles. The van der Waals surface area contributed by atoms with Gasteiger partial charge in [0.05, 0.1) is 11.8 Å². The van der Waals surface area contributed by atoms with Crippen molar-refractivity contribution in [2.45, 2.75) is 49.9 Å². The van der Waals surface area contributed by atoms with Crippen molar-refractivity contribution in [1.82, 2.24) is 5.32 Å². The number of hydrogen-bond donors (Lipinski definition) is 1. The molecule has 0 radical (unpaired) electrons. The van der Waals surface area contributed by atoms with Crippen LogP contribution in [0.4, 0.5) is 0 Å². The molecule has 1 aromatic carbocycles. The zero-order valence-electron chi connectivity index (χ0n) is 10.9. The van der Waals surface area contributed by atoms with Gasteiger partial charge in [0.15, 0.2) is 0 Å². The van der Waals surface area contributed by atoms with Gasteiger partial charge in [-0.2, -0.15) is 0 Å². The van der Waals surface area contributed by atoms with E-state index in [-0.39, 0.29) is 17.3 Å². The maximum Gasteiger partial charge on any atom is 0.224 e. The topological polar surface area (TPSA) is 29.1 Å². The molecule has 1 aliphatic carbocycles. The summed E-state index contributed by atoms with van der Waals surface area (Å²) < 4.78 is 0. The molecule has 1 amide bonds. The summed E-state index contributed by atoms with van der Waals surface area (Å²) in [7, 11) is 0. The van der Waals surface area contributed by atoms with Crippen LogP contribution in [0, 0.1) is 0 Å². The third-order valence-electron chi connectivity index (χ3n) is 3.59. The van der Waals surface area contributed by atoms with E-state index in [4.69, 9.17) is 23.2 Å². The molecule has 1 N–H and O–H groups in total. The van der Waals surface area contributed by atoms with Gasteiger partial charge in [0.2, 0.25) is 5.91 Å². The summed E-state index contributed by atoms with van der Waals surface area (Å²) >= 11 is 12.4. The first-order chi connectivity index (χ1) is 9.16. The number of benzene rings is 1. The van der Waals surface area contributed by atoms with E-state index in [0.29, 0.717) is 11.4 Å². The molecule has 4 heteroatoms. The van der Waals surface area contributed by atoms with Crippen LogP contribution in [-0.2, 0) is 11.2 Å². The quantitative estimate of drug-likeness (QED) is 0.665. The van der Waals surface area contributed by atoms with E-state index in [0.717, 1.165) is 31.2 Å². The molecular formula is C15H19Cl2NO. The number of alkyl halides is 1. The maximum atomic E-state index is 12.1. The van der Waals surface area contributed by atoms with Gasteiger partial charge in [-0.25, -0.2) is 0 Å². The van der Waals surface area contributed by atoms with E-state index in [9.17, 15) is 4.79 Å². The van der Waals surface area contributed by atoms with Gasteiger partial charge in [0.1, 0.15) is 0 Å². The fraction of sp³-hybridized carbons (Fsp3) is 0.533. The fourth-order valence-corrected chi connectivity index (χ4v) is 3.04. The van der Waals surface area contributed by atoms with Gasteiger partial charge in [-0.15, -0.1) is 11.6 Å². The number of nitrogens with one attached hydrogen (secondary N) is 1. The summed E-state index contributed by atoms with van der Waals surface area (Å²) in [6.07, 6.45) is 5.78. The summed E-state index contributed by atoms with van der Waals surface area (Å²) in [4.78, 5) is 12.1. The van der Waals surface area contributed by atoms with Gasteiger partial charge in [0, 0.05) is 11.1 Å². The Morgan fingerprint density at radius 2 is 1.95 bits per heavy atom. The molecule has 1 saturated carbocycles.